The number of benzene rings is 3. The second-order valence-electron chi connectivity index (χ2n) is 4.99. The Morgan fingerprint density at radius 3 is 2.42 bits per heavy atom. The van der Waals surface area contributed by atoms with Crippen molar-refractivity contribution in [1.82, 2.24) is 0 Å². The number of halogens is 2. The van der Waals surface area contributed by atoms with Crippen LogP contribution in [0.15, 0.2) is 82.6 Å². The molecule has 0 heterocycles. The molecule has 0 spiro atoms. The van der Waals surface area contributed by atoms with Gasteiger partial charge in [-0.1, -0.05) is 53.7 Å². The van der Waals surface area contributed by atoms with E-state index in [9.17, 15) is 9.18 Å². The first-order chi connectivity index (χ1) is 11.6. The average Bonchev–Trinajstić information content (AvgIpc) is 2.57. The Morgan fingerprint density at radius 2 is 1.67 bits per heavy atom. The minimum atomic E-state index is -0.645. The van der Waals surface area contributed by atoms with Crippen LogP contribution in [-0.2, 0) is 0 Å². The van der Waals surface area contributed by atoms with E-state index in [1.807, 2.05) is 48.5 Å². The first kappa shape index (κ1) is 16.6. The maximum absolute atomic E-state index is 13.9. The van der Waals surface area contributed by atoms with E-state index in [1.54, 1.807) is 6.07 Å². The second kappa shape index (κ2) is 7.51. The molecule has 0 aliphatic heterocycles. The monoisotopic (exact) mass is 357 g/mol. The Labute approximate surface area is 148 Å². The molecule has 0 aromatic heterocycles. The third-order valence-corrected chi connectivity index (χ3v) is 4.60. The second-order valence-corrected chi connectivity index (χ2v) is 6.54. The van der Waals surface area contributed by atoms with Crippen LogP contribution < -0.4 is 5.32 Å². The molecule has 120 valence electrons. The molecule has 1 N–H and O–H groups in total. The highest BCUT2D eigenvalue weighted by Gasteiger charge is 2.14. The van der Waals surface area contributed by atoms with E-state index >= 15 is 0 Å². The molecule has 24 heavy (non-hydrogen) atoms. The van der Waals surface area contributed by atoms with Crippen molar-refractivity contribution in [2.24, 2.45) is 0 Å². The summed E-state index contributed by atoms with van der Waals surface area (Å²) in [7, 11) is 0. The molecule has 0 unspecified atom stereocenters. The fourth-order valence-electron chi connectivity index (χ4n) is 2.14. The Bertz CT molecular complexity index is 870. The molecular weight excluding hydrogens is 345 g/mol. The van der Waals surface area contributed by atoms with Crippen LogP contribution in [0.3, 0.4) is 0 Å². The molecule has 3 rings (SSSR count). The Kier molecular flexibility index (Phi) is 5.18. The zero-order chi connectivity index (χ0) is 16.9. The van der Waals surface area contributed by atoms with Gasteiger partial charge in [0, 0.05) is 14.8 Å². The molecule has 0 aliphatic rings. The van der Waals surface area contributed by atoms with Crippen molar-refractivity contribution in [3.63, 3.8) is 0 Å². The van der Waals surface area contributed by atoms with Gasteiger partial charge in [0.1, 0.15) is 5.82 Å². The molecule has 0 atom stereocenters. The number of amides is 1. The minimum absolute atomic E-state index is 0.0427. The summed E-state index contributed by atoms with van der Waals surface area (Å²) in [4.78, 5) is 14.3. The lowest BCUT2D eigenvalue weighted by Gasteiger charge is -2.11. The van der Waals surface area contributed by atoms with Gasteiger partial charge in [0.25, 0.3) is 5.91 Å². The van der Waals surface area contributed by atoms with Crippen LogP contribution in [0.5, 0.6) is 0 Å². The van der Waals surface area contributed by atoms with Crippen molar-refractivity contribution in [3.8, 4) is 0 Å². The van der Waals surface area contributed by atoms with Crippen molar-refractivity contribution in [2.45, 2.75) is 9.79 Å². The summed E-state index contributed by atoms with van der Waals surface area (Å²) < 4.78 is 13.9. The van der Waals surface area contributed by atoms with Crippen LogP contribution in [0.4, 0.5) is 10.1 Å². The van der Waals surface area contributed by atoms with Gasteiger partial charge >= 0.3 is 0 Å². The minimum Gasteiger partial charge on any atom is -0.321 e. The highest BCUT2D eigenvalue weighted by molar-refractivity contribution is 7.99. The van der Waals surface area contributed by atoms with Gasteiger partial charge in [-0.25, -0.2) is 4.39 Å². The molecule has 1 amide bonds. The van der Waals surface area contributed by atoms with Gasteiger partial charge in [0.15, 0.2) is 0 Å². The summed E-state index contributed by atoms with van der Waals surface area (Å²) in [5.74, 6) is -1.15. The average molecular weight is 358 g/mol. The Hall–Kier alpha value is -2.30. The van der Waals surface area contributed by atoms with Gasteiger partial charge < -0.3 is 5.32 Å². The maximum Gasteiger partial charge on any atom is 0.258 e. The van der Waals surface area contributed by atoms with Crippen molar-refractivity contribution in [3.05, 3.63) is 89.2 Å². The number of carbonyl (C=O) groups is 1. The van der Waals surface area contributed by atoms with Gasteiger partial charge in [-0.15, -0.1) is 0 Å². The standard InChI is InChI=1S/C19H13ClFNOS/c20-13-10-11-15(16(21)12-13)19(23)22-17-8-4-5-9-18(17)24-14-6-2-1-3-7-14/h1-12H,(H,22,23). The summed E-state index contributed by atoms with van der Waals surface area (Å²) in [5.41, 5.74) is 0.588. The van der Waals surface area contributed by atoms with Crippen LogP contribution >= 0.6 is 23.4 Å². The van der Waals surface area contributed by atoms with Crippen LogP contribution in [0, 0.1) is 5.82 Å². The number of hydrogen-bond donors (Lipinski definition) is 1. The lowest BCUT2D eigenvalue weighted by Crippen LogP contribution is -2.14. The topological polar surface area (TPSA) is 29.1 Å². The molecule has 0 radical (unpaired) electrons. The fourth-order valence-corrected chi connectivity index (χ4v) is 3.22. The van der Waals surface area contributed by atoms with E-state index in [0.29, 0.717) is 5.69 Å². The quantitative estimate of drug-likeness (QED) is 0.631. The highest BCUT2D eigenvalue weighted by atomic mass is 35.5. The molecule has 2 nitrogen and oxygen atoms in total. The predicted octanol–water partition coefficient (Wildman–Crippen LogP) is 5.88. The van der Waals surface area contributed by atoms with E-state index in [4.69, 9.17) is 11.6 Å². The third-order valence-electron chi connectivity index (χ3n) is 3.28. The molecule has 0 bridgehead atoms. The van der Waals surface area contributed by atoms with Crippen LogP contribution in [0.1, 0.15) is 10.4 Å². The molecule has 0 fully saturated rings. The zero-order valence-electron chi connectivity index (χ0n) is 12.5. The van der Waals surface area contributed by atoms with E-state index in [-0.39, 0.29) is 10.6 Å². The van der Waals surface area contributed by atoms with E-state index in [0.717, 1.165) is 15.9 Å². The van der Waals surface area contributed by atoms with Gasteiger partial charge in [0.2, 0.25) is 0 Å². The SMILES string of the molecule is O=C(Nc1ccccc1Sc1ccccc1)c1ccc(Cl)cc1F. The number of nitrogens with one attached hydrogen (secondary N) is 1. The zero-order valence-corrected chi connectivity index (χ0v) is 14.1. The normalized spacial score (nSPS) is 10.4. The van der Waals surface area contributed by atoms with Crippen molar-refractivity contribution in [1.29, 1.82) is 0 Å². The van der Waals surface area contributed by atoms with Crippen LogP contribution in [0.25, 0.3) is 0 Å². The first-order valence-electron chi connectivity index (χ1n) is 7.22. The Balaban J connectivity index is 1.84. The first-order valence-corrected chi connectivity index (χ1v) is 8.41. The van der Waals surface area contributed by atoms with Crippen LogP contribution in [0.2, 0.25) is 5.02 Å². The number of carbonyl (C=O) groups excluding carboxylic acids is 1. The lowest BCUT2D eigenvalue weighted by molar-refractivity contribution is 0.102. The number of anilines is 1. The molecular formula is C19H13ClFNOS. The summed E-state index contributed by atoms with van der Waals surface area (Å²) in [6, 6.07) is 21.2. The molecule has 3 aromatic rings. The largest absolute Gasteiger partial charge is 0.321 e. The maximum atomic E-state index is 13.9. The number of para-hydroxylation sites is 1. The summed E-state index contributed by atoms with van der Waals surface area (Å²) in [6.45, 7) is 0. The lowest BCUT2D eigenvalue weighted by atomic mass is 10.2. The molecule has 0 saturated heterocycles. The van der Waals surface area contributed by atoms with Crippen molar-refractivity contribution >= 4 is 35.0 Å². The van der Waals surface area contributed by atoms with Crippen molar-refractivity contribution < 1.29 is 9.18 Å². The van der Waals surface area contributed by atoms with Gasteiger partial charge in [0.05, 0.1) is 11.3 Å². The van der Waals surface area contributed by atoms with Crippen molar-refractivity contribution in [2.75, 3.05) is 5.32 Å². The van der Waals surface area contributed by atoms with E-state index in [2.05, 4.69) is 5.32 Å². The number of hydrogen-bond acceptors (Lipinski definition) is 2. The highest BCUT2D eigenvalue weighted by Crippen LogP contribution is 2.33. The molecule has 0 saturated carbocycles. The van der Waals surface area contributed by atoms with Gasteiger partial charge in [-0.2, -0.15) is 0 Å². The fraction of sp³-hybridized carbons (Fsp3) is 0. The molecule has 5 heteroatoms. The Morgan fingerprint density at radius 1 is 0.958 bits per heavy atom. The molecule has 0 aliphatic carbocycles. The summed E-state index contributed by atoms with van der Waals surface area (Å²) in [6.07, 6.45) is 0. The van der Waals surface area contributed by atoms with E-state index in [1.165, 1.54) is 23.9 Å². The summed E-state index contributed by atoms with van der Waals surface area (Å²) >= 11 is 7.25. The van der Waals surface area contributed by atoms with Gasteiger partial charge in [-0.05, 0) is 42.5 Å². The third kappa shape index (κ3) is 3.96. The van der Waals surface area contributed by atoms with E-state index < -0.39 is 11.7 Å². The predicted molar refractivity (Wildman–Crippen MR) is 96.4 cm³/mol. The van der Waals surface area contributed by atoms with Gasteiger partial charge in [-0.3, -0.25) is 4.79 Å². The molecule has 3 aromatic carbocycles. The number of rotatable bonds is 4. The summed E-state index contributed by atoms with van der Waals surface area (Å²) in [5, 5.41) is 3.02. The smallest absolute Gasteiger partial charge is 0.258 e. The van der Waals surface area contributed by atoms with Crippen LogP contribution in [-0.4, -0.2) is 5.91 Å².